The van der Waals surface area contributed by atoms with Gasteiger partial charge < -0.3 is 9.64 Å². The molecule has 0 radical (unpaired) electrons. The van der Waals surface area contributed by atoms with Crippen LogP contribution in [-0.4, -0.2) is 35.3 Å². The van der Waals surface area contributed by atoms with Crippen molar-refractivity contribution in [1.82, 2.24) is 4.90 Å². The van der Waals surface area contributed by atoms with Crippen molar-refractivity contribution in [2.45, 2.75) is 39.2 Å². The average molecular weight is 401 g/mol. The summed E-state index contributed by atoms with van der Waals surface area (Å²) in [6, 6.07) is 10.1. The minimum atomic E-state index is -1.04. The molecule has 6 heteroatoms. The number of amides is 1. The topological polar surface area (TPSA) is 46.6 Å². The van der Waals surface area contributed by atoms with Crippen molar-refractivity contribution >= 4 is 11.7 Å². The standard InChI is InChI=1S/C23H25F2NO3/c1-23(2,3)29-18-9-6-15(7-10-18)22(28)26-12-4-5-17(14-26)21(27)16-8-11-19(24)20(25)13-16/h6-11,13,17H,4-5,12,14H2,1-3H3. The highest BCUT2D eigenvalue weighted by Crippen LogP contribution is 2.24. The summed E-state index contributed by atoms with van der Waals surface area (Å²) >= 11 is 0. The molecular formula is C23H25F2NO3. The zero-order valence-electron chi connectivity index (χ0n) is 16.9. The van der Waals surface area contributed by atoms with E-state index in [1.807, 2.05) is 20.8 Å². The van der Waals surface area contributed by atoms with Crippen molar-refractivity contribution in [2.75, 3.05) is 13.1 Å². The van der Waals surface area contributed by atoms with Crippen LogP contribution < -0.4 is 4.74 Å². The van der Waals surface area contributed by atoms with E-state index < -0.39 is 17.6 Å². The number of nitrogens with zero attached hydrogens (tertiary/aromatic N) is 1. The molecular weight excluding hydrogens is 376 g/mol. The van der Waals surface area contributed by atoms with Gasteiger partial charge in [-0.1, -0.05) is 0 Å². The number of halogens is 2. The van der Waals surface area contributed by atoms with Gasteiger partial charge in [0.05, 0.1) is 0 Å². The molecule has 1 aliphatic rings. The number of rotatable bonds is 4. The molecule has 1 fully saturated rings. The summed E-state index contributed by atoms with van der Waals surface area (Å²) in [5.41, 5.74) is 0.324. The van der Waals surface area contributed by atoms with Gasteiger partial charge in [0, 0.05) is 30.1 Å². The Morgan fingerprint density at radius 2 is 1.66 bits per heavy atom. The van der Waals surface area contributed by atoms with E-state index in [1.165, 1.54) is 6.07 Å². The summed E-state index contributed by atoms with van der Waals surface area (Å²) in [5.74, 6) is -2.20. The van der Waals surface area contributed by atoms with Gasteiger partial charge in [0.15, 0.2) is 17.4 Å². The summed E-state index contributed by atoms with van der Waals surface area (Å²) < 4.78 is 32.4. The Hall–Kier alpha value is -2.76. The molecule has 1 unspecified atom stereocenters. The van der Waals surface area contributed by atoms with E-state index in [1.54, 1.807) is 29.2 Å². The Kier molecular flexibility index (Phi) is 6.01. The number of hydrogen-bond acceptors (Lipinski definition) is 3. The van der Waals surface area contributed by atoms with E-state index in [2.05, 4.69) is 0 Å². The number of carbonyl (C=O) groups is 2. The van der Waals surface area contributed by atoms with Gasteiger partial charge in [-0.2, -0.15) is 0 Å². The predicted octanol–water partition coefficient (Wildman–Crippen LogP) is 4.88. The molecule has 1 heterocycles. The fourth-order valence-corrected chi connectivity index (χ4v) is 3.46. The minimum Gasteiger partial charge on any atom is -0.488 e. The summed E-state index contributed by atoms with van der Waals surface area (Å²) in [4.78, 5) is 27.2. The van der Waals surface area contributed by atoms with Crippen molar-refractivity contribution in [3.8, 4) is 5.75 Å². The lowest BCUT2D eigenvalue weighted by atomic mass is 9.89. The number of hydrogen-bond donors (Lipinski definition) is 0. The van der Waals surface area contributed by atoms with E-state index in [4.69, 9.17) is 4.74 Å². The van der Waals surface area contributed by atoms with Crippen LogP contribution in [0.2, 0.25) is 0 Å². The number of carbonyl (C=O) groups excluding carboxylic acids is 2. The van der Waals surface area contributed by atoms with Crippen molar-refractivity contribution < 1.29 is 23.1 Å². The second-order valence-corrected chi connectivity index (χ2v) is 8.32. The number of ketones is 1. The monoisotopic (exact) mass is 401 g/mol. The van der Waals surface area contributed by atoms with E-state index in [0.717, 1.165) is 12.1 Å². The SMILES string of the molecule is CC(C)(C)Oc1ccc(C(=O)N2CCCC(C(=O)c3ccc(F)c(F)c3)C2)cc1. The fraction of sp³-hybridized carbons (Fsp3) is 0.391. The molecule has 0 aromatic heterocycles. The predicted molar refractivity (Wildman–Crippen MR) is 106 cm³/mol. The Morgan fingerprint density at radius 3 is 2.28 bits per heavy atom. The molecule has 1 atom stereocenters. The molecule has 1 saturated heterocycles. The molecule has 154 valence electrons. The highest BCUT2D eigenvalue weighted by atomic mass is 19.2. The van der Waals surface area contributed by atoms with Crippen LogP contribution in [0.1, 0.15) is 54.3 Å². The van der Waals surface area contributed by atoms with Gasteiger partial charge >= 0.3 is 0 Å². The summed E-state index contributed by atoms with van der Waals surface area (Å²) in [7, 11) is 0. The number of likely N-dealkylation sites (tertiary alicyclic amines) is 1. The van der Waals surface area contributed by atoms with Gasteiger partial charge in [0.25, 0.3) is 5.91 Å². The maximum Gasteiger partial charge on any atom is 0.253 e. The van der Waals surface area contributed by atoms with Crippen LogP contribution >= 0.6 is 0 Å². The largest absolute Gasteiger partial charge is 0.488 e. The lowest BCUT2D eigenvalue weighted by Gasteiger charge is -2.32. The zero-order chi connectivity index (χ0) is 21.2. The summed E-state index contributed by atoms with van der Waals surface area (Å²) in [5, 5.41) is 0. The zero-order valence-corrected chi connectivity index (χ0v) is 16.9. The van der Waals surface area contributed by atoms with Crippen molar-refractivity contribution in [3.63, 3.8) is 0 Å². The molecule has 3 rings (SSSR count). The first-order valence-electron chi connectivity index (χ1n) is 9.72. The van der Waals surface area contributed by atoms with E-state index in [9.17, 15) is 18.4 Å². The second-order valence-electron chi connectivity index (χ2n) is 8.32. The molecule has 0 aliphatic carbocycles. The lowest BCUT2D eigenvalue weighted by Crippen LogP contribution is -2.42. The van der Waals surface area contributed by atoms with Gasteiger partial charge in [-0.15, -0.1) is 0 Å². The number of ether oxygens (including phenoxy) is 1. The molecule has 0 N–H and O–H groups in total. The van der Waals surface area contributed by atoms with E-state index in [-0.39, 0.29) is 29.4 Å². The maximum atomic E-state index is 13.5. The molecule has 0 bridgehead atoms. The molecule has 0 saturated carbocycles. The molecule has 2 aromatic carbocycles. The Morgan fingerprint density at radius 1 is 1.00 bits per heavy atom. The first kappa shape index (κ1) is 21.0. The van der Waals surface area contributed by atoms with Gasteiger partial charge in [-0.05, 0) is 76.1 Å². The summed E-state index contributed by atoms with van der Waals surface area (Å²) in [6.45, 7) is 6.66. The van der Waals surface area contributed by atoms with Crippen molar-refractivity contribution in [2.24, 2.45) is 5.92 Å². The van der Waals surface area contributed by atoms with Crippen LogP contribution in [0.3, 0.4) is 0 Å². The van der Waals surface area contributed by atoms with Crippen molar-refractivity contribution in [1.29, 1.82) is 0 Å². The van der Waals surface area contributed by atoms with Gasteiger partial charge in [-0.3, -0.25) is 9.59 Å². The first-order valence-corrected chi connectivity index (χ1v) is 9.72. The fourth-order valence-electron chi connectivity index (χ4n) is 3.46. The third kappa shape index (κ3) is 5.19. The summed E-state index contributed by atoms with van der Waals surface area (Å²) in [6.07, 6.45) is 1.29. The number of piperidine rings is 1. The molecule has 29 heavy (non-hydrogen) atoms. The van der Waals surface area contributed by atoms with Crippen LogP contribution in [0.4, 0.5) is 8.78 Å². The Balaban J connectivity index is 1.69. The average Bonchev–Trinajstić information content (AvgIpc) is 2.68. The third-order valence-corrected chi connectivity index (χ3v) is 4.81. The molecule has 2 aromatic rings. The van der Waals surface area contributed by atoms with E-state index in [0.29, 0.717) is 30.7 Å². The quantitative estimate of drug-likeness (QED) is 0.686. The van der Waals surface area contributed by atoms with Crippen LogP contribution in [0.5, 0.6) is 5.75 Å². The molecule has 1 amide bonds. The normalized spacial score (nSPS) is 17.1. The van der Waals surface area contributed by atoms with Gasteiger partial charge in [0.1, 0.15) is 11.4 Å². The Labute approximate surface area is 169 Å². The van der Waals surface area contributed by atoms with Crippen LogP contribution in [0, 0.1) is 17.6 Å². The number of Topliss-reactive ketones (excluding diaryl/α,β-unsaturated/α-hetero) is 1. The van der Waals surface area contributed by atoms with Crippen molar-refractivity contribution in [3.05, 3.63) is 65.2 Å². The second kappa shape index (κ2) is 8.31. The van der Waals surface area contributed by atoms with Gasteiger partial charge in [0.2, 0.25) is 0 Å². The van der Waals surface area contributed by atoms with E-state index >= 15 is 0 Å². The Bertz CT molecular complexity index is 903. The highest BCUT2D eigenvalue weighted by molar-refractivity contribution is 5.99. The molecule has 4 nitrogen and oxygen atoms in total. The lowest BCUT2D eigenvalue weighted by molar-refractivity contribution is 0.0636. The van der Waals surface area contributed by atoms with Crippen LogP contribution in [-0.2, 0) is 0 Å². The molecule has 0 spiro atoms. The minimum absolute atomic E-state index is 0.131. The van der Waals surface area contributed by atoms with Crippen LogP contribution in [0.15, 0.2) is 42.5 Å². The smallest absolute Gasteiger partial charge is 0.253 e. The third-order valence-electron chi connectivity index (χ3n) is 4.81. The first-order chi connectivity index (χ1) is 13.6. The molecule has 1 aliphatic heterocycles. The van der Waals surface area contributed by atoms with Gasteiger partial charge in [-0.25, -0.2) is 8.78 Å². The number of benzene rings is 2. The van der Waals surface area contributed by atoms with Crippen LogP contribution in [0.25, 0.3) is 0 Å². The maximum absolute atomic E-state index is 13.5. The highest BCUT2D eigenvalue weighted by Gasteiger charge is 2.30.